The van der Waals surface area contributed by atoms with E-state index in [1.165, 1.54) is 6.42 Å². The molecule has 0 aliphatic heterocycles. The lowest BCUT2D eigenvalue weighted by Crippen LogP contribution is -1.77. The second-order valence-electron chi connectivity index (χ2n) is 2.23. The van der Waals surface area contributed by atoms with Gasteiger partial charge in [0.25, 0.3) is 0 Å². The molecule has 1 nitrogen and oxygen atoms in total. The van der Waals surface area contributed by atoms with Crippen molar-refractivity contribution >= 4 is 0 Å². The molecule has 0 spiro atoms. The standard InChI is InChI=1S/C9H16O/c1-2-3-4-5-6-7-8-9-10/h4,6,10H,2-3,7-9H2,1H3. The lowest BCUT2D eigenvalue weighted by molar-refractivity contribution is 0.289. The summed E-state index contributed by atoms with van der Waals surface area (Å²) >= 11 is 0. The molecule has 0 fully saturated rings. The third kappa shape index (κ3) is 7.48. The predicted molar refractivity (Wildman–Crippen MR) is 43.9 cm³/mol. The molecule has 0 saturated heterocycles. The Morgan fingerprint density at radius 2 is 2.00 bits per heavy atom. The van der Waals surface area contributed by atoms with Gasteiger partial charge >= 0.3 is 0 Å². The summed E-state index contributed by atoms with van der Waals surface area (Å²) < 4.78 is 0. The highest BCUT2D eigenvalue weighted by atomic mass is 16.2. The van der Waals surface area contributed by atoms with Crippen molar-refractivity contribution in [1.29, 1.82) is 0 Å². The molecule has 0 radical (unpaired) electrons. The van der Waals surface area contributed by atoms with Crippen LogP contribution in [0.1, 0.15) is 32.6 Å². The van der Waals surface area contributed by atoms with Crippen molar-refractivity contribution in [3.05, 3.63) is 17.9 Å². The number of hydrogen-bond donors (Lipinski definition) is 1. The minimum absolute atomic E-state index is 0.284. The maximum Gasteiger partial charge on any atom is 0.0434 e. The molecule has 0 saturated carbocycles. The summed E-state index contributed by atoms with van der Waals surface area (Å²) in [6.45, 7) is 2.43. The van der Waals surface area contributed by atoms with Crippen molar-refractivity contribution in [3.63, 3.8) is 0 Å². The zero-order valence-electron chi connectivity index (χ0n) is 6.64. The van der Waals surface area contributed by atoms with E-state index in [9.17, 15) is 0 Å². The van der Waals surface area contributed by atoms with Gasteiger partial charge in [-0.2, -0.15) is 0 Å². The smallest absolute Gasteiger partial charge is 0.0434 e. The van der Waals surface area contributed by atoms with Crippen LogP contribution in [0.5, 0.6) is 0 Å². The summed E-state index contributed by atoms with van der Waals surface area (Å²) in [7, 11) is 0. The van der Waals surface area contributed by atoms with E-state index in [1.54, 1.807) is 0 Å². The van der Waals surface area contributed by atoms with Gasteiger partial charge in [0.1, 0.15) is 0 Å². The fraction of sp³-hybridized carbons (Fsp3) is 0.667. The van der Waals surface area contributed by atoms with Crippen molar-refractivity contribution in [3.8, 4) is 0 Å². The first-order valence-electron chi connectivity index (χ1n) is 3.92. The molecule has 0 unspecified atom stereocenters. The van der Waals surface area contributed by atoms with Crippen LogP contribution >= 0.6 is 0 Å². The number of allylic oxidation sites excluding steroid dienone is 1. The summed E-state index contributed by atoms with van der Waals surface area (Å²) in [4.78, 5) is 0. The number of rotatable bonds is 5. The Morgan fingerprint density at radius 3 is 2.60 bits per heavy atom. The number of aliphatic hydroxyl groups excluding tert-OH is 1. The minimum atomic E-state index is 0.284. The first-order valence-corrected chi connectivity index (χ1v) is 3.92. The van der Waals surface area contributed by atoms with Gasteiger partial charge in [-0.25, -0.2) is 0 Å². The minimum Gasteiger partial charge on any atom is -0.396 e. The van der Waals surface area contributed by atoms with Gasteiger partial charge in [-0.15, -0.1) is 5.73 Å². The predicted octanol–water partition coefficient (Wildman–Crippen LogP) is 2.27. The van der Waals surface area contributed by atoms with Gasteiger partial charge in [-0.05, 0) is 31.4 Å². The Labute approximate surface area is 63.1 Å². The molecule has 0 aliphatic carbocycles. The molecule has 0 atom stereocenters. The summed E-state index contributed by atoms with van der Waals surface area (Å²) in [5.41, 5.74) is 3.06. The third-order valence-corrected chi connectivity index (χ3v) is 1.18. The van der Waals surface area contributed by atoms with Crippen molar-refractivity contribution in [2.45, 2.75) is 32.6 Å². The Morgan fingerprint density at radius 1 is 1.30 bits per heavy atom. The van der Waals surface area contributed by atoms with Crippen molar-refractivity contribution in [2.75, 3.05) is 6.61 Å². The molecule has 0 aliphatic rings. The van der Waals surface area contributed by atoms with E-state index >= 15 is 0 Å². The maximum atomic E-state index is 8.41. The molecule has 10 heavy (non-hydrogen) atoms. The molecule has 58 valence electrons. The van der Waals surface area contributed by atoms with E-state index in [0.717, 1.165) is 19.3 Å². The van der Waals surface area contributed by atoms with Gasteiger partial charge < -0.3 is 5.11 Å². The SMILES string of the molecule is CCCC=C=CCCCO. The van der Waals surface area contributed by atoms with Crippen LogP contribution in [-0.4, -0.2) is 11.7 Å². The van der Waals surface area contributed by atoms with E-state index in [1.807, 2.05) is 12.2 Å². The first kappa shape index (κ1) is 9.48. The van der Waals surface area contributed by atoms with Gasteiger partial charge in [-0.3, -0.25) is 0 Å². The second kappa shape index (κ2) is 8.48. The highest BCUT2D eigenvalue weighted by molar-refractivity contribution is 4.84. The van der Waals surface area contributed by atoms with Crippen LogP contribution in [0.4, 0.5) is 0 Å². The van der Waals surface area contributed by atoms with E-state index in [-0.39, 0.29) is 6.61 Å². The normalized spacial score (nSPS) is 8.60. The largest absolute Gasteiger partial charge is 0.396 e. The molecule has 1 heteroatoms. The summed E-state index contributed by atoms with van der Waals surface area (Å²) in [5.74, 6) is 0. The molecule has 0 aromatic carbocycles. The quantitative estimate of drug-likeness (QED) is 0.459. The fourth-order valence-electron chi connectivity index (χ4n) is 0.588. The average Bonchev–Trinajstić information content (AvgIpc) is 1.97. The Balaban J connectivity index is 3.17. The monoisotopic (exact) mass is 140 g/mol. The van der Waals surface area contributed by atoms with E-state index in [4.69, 9.17) is 5.11 Å². The van der Waals surface area contributed by atoms with Crippen LogP contribution in [0.15, 0.2) is 17.9 Å². The molecule has 0 bridgehead atoms. The van der Waals surface area contributed by atoms with Gasteiger partial charge in [0, 0.05) is 6.61 Å². The second-order valence-corrected chi connectivity index (χ2v) is 2.23. The lowest BCUT2D eigenvalue weighted by Gasteiger charge is -1.83. The maximum absolute atomic E-state index is 8.41. The van der Waals surface area contributed by atoms with Crippen LogP contribution < -0.4 is 0 Å². The van der Waals surface area contributed by atoms with Gasteiger partial charge in [0.15, 0.2) is 0 Å². The molecule has 0 heterocycles. The van der Waals surface area contributed by atoms with Gasteiger partial charge in [-0.1, -0.05) is 13.3 Å². The average molecular weight is 140 g/mol. The van der Waals surface area contributed by atoms with E-state index in [2.05, 4.69) is 12.7 Å². The van der Waals surface area contributed by atoms with Crippen molar-refractivity contribution in [1.82, 2.24) is 0 Å². The third-order valence-electron chi connectivity index (χ3n) is 1.18. The highest BCUT2D eigenvalue weighted by Crippen LogP contribution is 1.89. The zero-order valence-corrected chi connectivity index (χ0v) is 6.64. The molecular formula is C9H16O. The summed E-state index contributed by atoms with van der Waals surface area (Å²) in [5, 5.41) is 8.41. The van der Waals surface area contributed by atoms with Gasteiger partial charge in [0.05, 0.1) is 0 Å². The molecule has 0 amide bonds. The molecule has 0 aromatic rings. The molecular weight excluding hydrogens is 124 g/mol. The van der Waals surface area contributed by atoms with Crippen molar-refractivity contribution in [2.24, 2.45) is 0 Å². The Hall–Kier alpha value is -0.520. The van der Waals surface area contributed by atoms with Crippen LogP contribution in [-0.2, 0) is 0 Å². The van der Waals surface area contributed by atoms with E-state index < -0.39 is 0 Å². The zero-order chi connectivity index (χ0) is 7.66. The van der Waals surface area contributed by atoms with Crippen LogP contribution in [0.3, 0.4) is 0 Å². The molecule has 1 N–H and O–H groups in total. The van der Waals surface area contributed by atoms with Crippen LogP contribution in [0, 0.1) is 0 Å². The lowest BCUT2D eigenvalue weighted by atomic mass is 10.3. The summed E-state index contributed by atoms with van der Waals surface area (Å²) in [6, 6.07) is 0. The topological polar surface area (TPSA) is 20.2 Å². The first-order chi connectivity index (χ1) is 4.91. The number of unbranched alkanes of at least 4 members (excludes halogenated alkanes) is 2. The van der Waals surface area contributed by atoms with E-state index in [0.29, 0.717) is 0 Å². The van der Waals surface area contributed by atoms with Crippen LogP contribution in [0.25, 0.3) is 0 Å². The number of hydrogen-bond acceptors (Lipinski definition) is 1. The molecule has 0 aromatic heterocycles. The highest BCUT2D eigenvalue weighted by Gasteiger charge is 1.75. The Bertz CT molecular complexity index is 110. The summed E-state index contributed by atoms with van der Waals surface area (Å²) in [6.07, 6.45) is 8.10. The van der Waals surface area contributed by atoms with Crippen molar-refractivity contribution < 1.29 is 5.11 Å². The van der Waals surface area contributed by atoms with Gasteiger partial charge in [0.2, 0.25) is 0 Å². The van der Waals surface area contributed by atoms with Crippen LogP contribution in [0.2, 0.25) is 0 Å². The molecule has 0 rings (SSSR count). The fourth-order valence-corrected chi connectivity index (χ4v) is 0.588. The Kier molecular flexibility index (Phi) is 8.04. The number of aliphatic hydroxyl groups is 1.